The number of nitrogens with zero attached hydrogens (tertiary/aromatic N) is 1. The molecule has 0 unspecified atom stereocenters. The zero-order valence-corrected chi connectivity index (χ0v) is 36.3. The molecule has 54 heavy (non-hydrogen) atoms. The van der Waals surface area contributed by atoms with E-state index < -0.39 is 15.8 Å². The molecule has 1 aliphatic heterocycles. The standard InChI is InChI=1S/C23H23NOP.C18H15P.C5H5.2ClH.Fe.Ru/c1-17(2)21-16-25-23(24-21)20-14-9-15-22(20)26(18-10-5-3-6-11-18)19-12-7-4-8-13-19;1-4-10-16(11-5-1)19(17-12-6-2-7-13-17)18-14-8-3-9-15-18;1-2-4-5-3-1;;;;/h3-15,17,21H,16H2,1-2H3;1-15H;1-5H;2*1H;;/q;;;;;2*+2/p-2/t21-;;;;;;/m0....../s1. The molecule has 1 heterocycles. The second kappa shape index (κ2) is 26.1. The number of benzene rings is 5. The number of ether oxygens (including phenoxy) is 1. The van der Waals surface area contributed by atoms with Crippen molar-refractivity contribution in [2.24, 2.45) is 10.9 Å². The molecule has 5 aromatic carbocycles. The molecule has 10 radical (unpaired) electrons. The van der Waals surface area contributed by atoms with Crippen molar-refractivity contribution in [1.82, 2.24) is 0 Å². The minimum absolute atomic E-state index is 0. The first-order chi connectivity index (χ1) is 24.7. The van der Waals surface area contributed by atoms with Crippen LogP contribution in [0, 0.1) is 68.9 Å². The third-order valence-corrected chi connectivity index (χ3v) is 13.3. The van der Waals surface area contributed by atoms with E-state index in [2.05, 4.69) is 185 Å². The van der Waals surface area contributed by atoms with Gasteiger partial charge in [0.05, 0.1) is 12.0 Å². The predicted octanol–water partition coefficient (Wildman–Crippen LogP) is 2.77. The van der Waals surface area contributed by atoms with Crippen molar-refractivity contribution in [3.63, 3.8) is 0 Å². The average molecular weight is 916 g/mol. The first kappa shape index (κ1) is 48.3. The van der Waals surface area contributed by atoms with Gasteiger partial charge >= 0.3 is 36.5 Å². The zero-order chi connectivity index (χ0) is 34.4. The summed E-state index contributed by atoms with van der Waals surface area (Å²) in [5.41, 5.74) is 1.32. The number of halogens is 2. The van der Waals surface area contributed by atoms with Gasteiger partial charge in [0.1, 0.15) is 6.61 Å². The van der Waals surface area contributed by atoms with E-state index in [0.29, 0.717) is 12.5 Å². The Morgan fingerprint density at radius 2 is 0.833 bits per heavy atom. The van der Waals surface area contributed by atoms with Crippen LogP contribution in [0.2, 0.25) is 0 Å². The van der Waals surface area contributed by atoms with Crippen molar-refractivity contribution in [3.8, 4) is 0 Å². The molecule has 276 valence electrons. The largest absolute Gasteiger partial charge is 2.00 e. The molecule has 0 amide bonds. The molecule has 0 saturated heterocycles. The van der Waals surface area contributed by atoms with Crippen molar-refractivity contribution in [2.75, 3.05) is 6.61 Å². The van der Waals surface area contributed by atoms with Crippen molar-refractivity contribution >= 4 is 48.3 Å². The van der Waals surface area contributed by atoms with E-state index in [1.165, 1.54) is 32.2 Å². The van der Waals surface area contributed by atoms with E-state index >= 15 is 0 Å². The van der Waals surface area contributed by atoms with E-state index in [4.69, 9.17) is 9.73 Å². The van der Waals surface area contributed by atoms with Crippen molar-refractivity contribution < 1.29 is 66.1 Å². The van der Waals surface area contributed by atoms with Crippen molar-refractivity contribution in [2.45, 2.75) is 19.9 Å². The summed E-state index contributed by atoms with van der Waals surface area (Å²) in [7, 11) is -1.08. The molecule has 2 saturated carbocycles. The van der Waals surface area contributed by atoms with Crippen LogP contribution in [0.25, 0.3) is 0 Å². The molecule has 1 atom stereocenters. The summed E-state index contributed by atoms with van der Waals surface area (Å²) in [6, 6.07) is 54.1. The SMILES string of the molecule is CC(C)[C@@H]1COC([C]2[CH][CH][CH][C]2P(c2ccccc2)c2ccccc2)=N1.[CH]1[CH][CH][CH][CH]1.[Cl-].[Cl-].[Fe+2].[Ru+2].c1ccc(P(c2ccccc2)c2ccccc2)cc1. The second-order valence-electron chi connectivity index (χ2n) is 12.2. The van der Waals surface area contributed by atoms with Gasteiger partial charge in [-0.3, -0.25) is 0 Å². The Kier molecular flexibility index (Phi) is 23.4. The van der Waals surface area contributed by atoms with Gasteiger partial charge in [-0.2, -0.15) is 0 Å². The van der Waals surface area contributed by atoms with Crippen LogP contribution in [0.3, 0.4) is 0 Å². The van der Waals surface area contributed by atoms with Gasteiger partial charge in [0.15, 0.2) is 5.90 Å². The number of aliphatic imine (C=N–C) groups is 1. The smallest absolute Gasteiger partial charge is 1.00 e. The molecular weight excluding hydrogens is 872 g/mol. The first-order valence-corrected chi connectivity index (χ1v) is 19.9. The summed E-state index contributed by atoms with van der Waals surface area (Å²) in [4.78, 5) is 4.87. The maximum absolute atomic E-state index is 5.99. The molecule has 3 aliphatic rings. The van der Waals surface area contributed by atoms with Gasteiger partial charge in [0, 0.05) is 5.66 Å². The average Bonchev–Trinajstić information content (AvgIpc) is 4.00. The van der Waals surface area contributed by atoms with Crippen LogP contribution in [-0.2, 0) is 41.3 Å². The fourth-order valence-corrected chi connectivity index (χ4v) is 10.5. The van der Waals surface area contributed by atoms with Crippen molar-refractivity contribution in [1.29, 1.82) is 0 Å². The number of rotatable bonds is 8. The normalized spacial score (nSPS) is 16.2. The molecule has 0 aromatic heterocycles. The third-order valence-electron chi connectivity index (χ3n) is 8.34. The molecule has 2 nitrogen and oxygen atoms in total. The van der Waals surface area contributed by atoms with E-state index in [-0.39, 0.29) is 67.4 Å². The van der Waals surface area contributed by atoms with Gasteiger partial charge < -0.3 is 29.6 Å². The quantitative estimate of drug-likeness (QED) is 0.174. The maximum atomic E-state index is 5.99. The summed E-state index contributed by atoms with van der Waals surface area (Å²) in [6.45, 7) is 5.09. The summed E-state index contributed by atoms with van der Waals surface area (Å²) in [5, 5.41) is 6.89. The van der Waals surface area contributed by atoms with E-state index in [0.717, 1.165) is 11.8 Å². The van der Waals surface area contributed by atoms with E-state index in [1.54, 1.807) is 0 Å². The molecule has 5 aromatic rings. The van der Waals surface area contributed by atoms with Gasteiger partial charge in [-0.25, -0.2) is 4.99 Å². The number of hydrogen-bond acceptors (Lipinski definition) is 2. The first-order valence-electron chi connectivity index (χ1n) is 17.2. The van der Waals surface area contributed by atoms with E-state index in [1.807, 2.05) is 32.1 Å². The third kappa shape index (κ3) is 13.7. The summed E-state index contributed by atoms with van der Waals surface area (Å²) in [6.07, 6.45) is 16.5. The second-order valence-corrected chi connectivity index (χ2v) is 16.6. The Labute approximate surface area is 363 Å². The monoisotopic (exact) mass is 915 g/mol. The molecule has 8 heteroatoms. The molecular formula is C46H43Cl2FeNOP2Ru+2. The fourth-order valence-electron chi connectivity index (χ4n) is 5.75. The van der Waals surface area contributed by atoms with Gasteiger partial charge in [-0.15, -0.1) is 0 Å². The van der Waals surface area contributed by atoms with Gasteiger partial charge in [0.2, 0.25) is 0 Å². The van der Waals surface area contributed by atoms with Crippen LogP contribution in [0.15, 0.2) is 157 Å². The van der Waals surface area contributed by atoms with Crippen LogP contribution in [0.1, 0.15) is 13.8 Å². The Balaban J connectivity index is 0.000000319. The van der Waals surface area contributed by atoms with E-state index in [9.17, 15) is 0 Å². The minimum atomic E-state index is -0.636. The molecule has 0 bridgehead atoms. The summed E-state index contributed by atoms with van der Waals surface area (Å²) >= 11 is 0. The van der Waals surface area contributed by atoms with Crippen LogP contribution < -0.4 is 51.3 Å². The maximum Gasteiger partial charge on any atom is 2.00 e. The Hall–Kier alpha value is -1.85. The molecule has 0 N–H and O–H groups in total. The molecule has 2 aliphatic carbocycles. The Morgan fingerprint density at radius 3 is 1.15 bits per heavy atom. The van der Waals surface area contributed by atoms with Gasteiger partial charge in [-0.1, -0.05) is 166 Å². The van der Waals surface area contributed by atoms with Crippen LogP contribution in [0.5, 0.6) is 0 Å². The van der Waals surface area contributed by atoms with Crippen molar-refractivity contribution in [3.05, 3.63) is 215 Å². The van der Waals surface area contributed by atoms with Gasteiger partial charge in [-0.05, 0) is 99.7 Å². The fraction of sp³-hybridized carbons (Fsp3) is 0.109. The molecule has 2 fully saturated rings. The Morgan fingerprint density at radius 1 is 0.500 bits per heavy atom. The minimum Gasteiger partial charge on any atom is -1.00 e. The topological polar surface area (TPSA) is 21.6 Å². The van der Waals surface area contributed by atoms with Crippen LogP contribution in [-0.4, -0.2) is 18.5 Å². The molecule has 0 spiro atoms. The molecule has 8 rings (SSSR count). The predicted molar refractivity (Wildman–Crippen MR) is 217 cm³/mol. The number of hydrogen-bond donors (Lipinski definition) is 0. The van der Waals surface area contributed by atoms with Crippen LogP contribution in [0.4, 0.5) is 0 Å². The van der Waals surface area contributed by atoms with Gasteiger partial charge in [0.25, 0.3) is 0 Å². The zero-order valence-electron chi connectivity index (χ0n) is 30.1. The Bertz CT molecular complexity index is 1580. The van der Waals surface area contributed by atoms with Crippen LogP contribution >= 0.6 is 15.8 Å². The summed E-state index contributed by atoms with van der Waals surface area (Å²) < 4.78 is 5.99. The summed E-state index contributed by atoms with van der Waals surface area (Å²) in [5.74, 6) is 2.45.